The quantitative estimate of drug-likeness (QED) is 0.568. The molecule has 1 aliphatic carbocycles. The van der Waals surface area contributed by atoms with Gasteiger partial charge in [0.2, 0.25) is 0 Å². The smallest absolute Gasteiger partial charge is 0.338 e. The summed E-state index contributed by atoms with van der Waals surface area (Å²) in [6.07, 6.45) is 4.86. The molecular formula is C11H14O4. The van der Waals surface area contributed by atoms with Crippen molar-refractivity contribution in [1.29, 1.82) is 0 Å². The molecule has 1 rings (SSSR count). The largest absolute Gasteiger partial charge is 0.481 e. The Morgan fingerprint density at radius 2 is 2.00 bits per heavy atom. The fraction of sp³-hybridized carbons (Fsp3) is 0.364. The summed E-state index contributed by atoms with van der Waals surface area (Å²) in [5.41, 5.74) is 0.693. The fourth-order valence-electron chi connectivity index (χ4n) is 1.21. The first-order valence-electron chi connectivity index (χ1n) is 4.82. The Bertz CT molecular complexity index is 336. The summed E-state index contributed by atoms with van der Waals surface area (Å²) < 4.78 is 9.76. The molecule has 0 amide bonds. The number of aliphatic hydroxyl groups is 1. The summed E-state index contributed by atoms with van der Waals surface area (Å²) in [6.45, 7) is 4.13. The third-order valence-corrected chi connectivity index (χ3v) is 1.82. The maximum atomic E-state index is 11.4. The lowest BCUT2D eigenvalue weighted by Gasteiger charge is -2.07. The Morgan fingerprint density at radius 1 is 1.33 bits per heavy atom. The number of ether oxygens (including phenoxy) is 2. The molecule has 15 heavy (non-hydrogen) atoms. The minimum atomic E-state index is -0.455. The van der Waals surface area contributed by atoms with E-state index < -0.39 is 5.97 Å². The number of allylic oxidation sites excluding steroid dienone is 3. The Balaban J connectivity index is 2.84. The van der Waals surface area contributed by atoms with Gasteiger partial charge in [-0.2, -0.15) is 0 Å². The van der Waals surface area contributed by atoms with Gasteiger partial charge in [0.15, 0.2) is 0 Å². The Morgan fingerprint density at radius 3 is 2.60 bits per heavy atom. The summed E-state index contributed by atoms with van der Waals surface area (Å²) in [4.78, 5) is 11.4. The van der Waals surface area contributed by atoms with Crippen molar-refractivity contribution in [2.24, 2.45) is 0 Å². The first-order valence-corrected chi connectivity index (χ1v) is 4.82. The predicted octanol–water partition coefficient (Wildman–Crippen LogP) is 1.85. The molecule has 0 aromatic heterocycles. The van der Waals surface area contributed by atoms with Gasteiger partial charge in [-0.25, -0.2) is 4.79 Å². The van der Waals surface area contributed by atoms with E-state index in [1.807, 2.05) is 0 Å². The van der Waals surface area contributed by atoms with Crippen molar-refractivity contribution in [3.8, 4) is 0 Å². The van der Waals surface area contributed by atoms with Gasteiger partial charge in [-0.15, -0.1) is 0 Å². The number of carbonyl (C=O) groups excluding carboxylic acids is 1. The van der Waals surface area contributed by atoms with Gasteiger partial charge in [0.05, 0.1) is 24.4 Å². The number of hydrogen-bond donors (Lipinski definition) is 1. The zero-order chi connectivity index (χ0) is 11.3. The fourth-order valence-corrected chi connectivity index (χ4v) is 1.21. The van der Waals surface area contributed by atoms with Gasteiger partial charge in [-0.05, 0) is 26.0 Å². The normalized spacial score (nSPS) is 17.3. The molecule has 0 saturated carbocycles. The second-order valence-corrected chi connectivity index (χ2v) is 2.81. The Labute approximate surface area is 88.5 Å². The molecule has 0 radical (unpaired) electrons. The molecule has 0 spiro atoms. The lowest BCUT2D eigenvalue weighted by molar-refractivity contribution is -0.138. The second kappa shape index (κ2) is 5.24. The van der Waals surface area contributed by atoms with Crippen molar-refractivity contribution < 1.29 is 19.4 Å². The van der Waals surface area contributed by atoms with Crippen LogP contribution in [0.4, 0.5) is 0 Å². The number of esters is 1. The zero-order valence-electron chi connectivity index (χ0n) is 8.82. The van der Waals surface area contributed by atoms with E-state index >= 15 is 0 Å². The molecule has 0 aliphatic heterocycles. The van der Waals surface area contributed by atoms with E-state index in [2.05, 4.69) is 0 Å². The molecule has 0 aromatic carbocycles. The molecule has 0 unspecified atom stereocenters. The third-order valence-electron chi connectivity index (χ3n) is 1.82. The summed E-state index contributed by atoms with van der Waals surface area (Å²) in [7, 11) is 0. The molecule has 0 atom stereocenters. The summed E-state index contributed by atoms with van der Waals surface area (Å²) in [6, 6.07) is 0. The number of rotatable bonds is 4. The average molecular weight is 210 g/mol. The second-order valence-electron chi connectivity index (χ2n) is 2.81. The van der Waals surface area contributed by atoms with Gasteiger partial charge in [0, 0.05) is 0 Å². The summed E-state index contributed by atoms with van der Waals surface area (Å²) >= 11 is 0. The Kier molecular flexibility index (Phi) is 3.97. The van der Waals surface area contributed by atoms with Crippen LogP contribution < -0.4 is 0 Å². The van der Waals surface area contributed by atoms with E-state index in [9.17, 15) is 9.90 Å². The van der Waals surface area contributed by atoms with Crippen LogP contribution in [0.25, 0.3) is 0 Å². The van der Waals surface area contributed by atoms with Crippen LogP contribution in [0, 0.1) is 0 Å². The first-order chi connectivity index (χ1) is 7.20. The maximum Gasteiger partial charge on any atom is 0.338 e. The van der Waals surface area contributed by atoms with Crippen LogP contribution in [0.15, 0.2) is 35.3 Å². The minimum absolute atomic E-state index is 0.245. The van der Waals surface area contributed by atoms with Crippen molar-refractivity contribution in [2.75, 3.05) is 13.2 Å². The van der Waals surface area contributed by atoms with Crippen molar-refractivity contribution in [3.63, 3.8) is 0 Å². The monoisotopic (exact) mass is 210 g/mol. The molecular weight excluding hydrogens is 196 g/mol. The molecule has 0 fully saturated rings. The average Bonchev–Trinajstić information content (AvgIpc) is 2.66. The van der Waals surface area contributed by atoms with Crippen molar-refractivity contribution in [1.82, 2.24) is 0 Å². The number of carbonyl (C=O) groups is 1. The number of hydrogen-bond acceptors (Lipinski definition) is 4. The Hall–Kier alpha value is -1.71. The van der Waals surface area contributed by atoms with Crippen LogP contribution in [-0.4, -0.2) is 24.3 Å². The highest BCUT2D eigenvalue weighted by Gasteiger charge is 2.21. The van der Waals surface area contributed by atoms with E-state index in [-0.39, 0.29) is 5.95 Å². The molecule has 4 heteroatoms. The summed E-state index contributed by atoms with van der Waals surface area (Å²) in [5.74, 6) is -0.700. The van der Waals surface area contributed by atoms with E-state index in [1.54, 1.807) is 32.1 Å². The van der Waals surface area contributed by atoms with E-state index in [1.165, 1.54) is 0 Å². The molecule has 1 N–H and O–H groups in total. The third kappa shape index (κ3) is 2.62. The minimum Gasteiger partial charge on any atom is -0.481 e. The van der Waals surface area contributed by atoms with Crippen LogP contribution in [-0.2, 0) is 14.3 Å². The van der Waals surface area contributed by atoms with Crippen molar-refractivity contribution in [3.05, 3.63) is 35.3 Å². The lowest BCUT2D eigenvalue weighted by atomic mass is 10.1. The lowest BCUT2D eigenvalue weighted by Crippen LogP contribution is -2.09. The SMILES string of the molecule is CCOC(=O)C1=CC=C/C1=C(/O)OCC. The standard InChI is InChI=1S/C11H14O4/c1-3-14-10(12)8-6-5-7-9(8)11(13)15-4-2/h5-7,12H,3-4H2,1-2H3/b10-8+. The van der Waals surface area contributed by atoms with E-state index in [0.29, 0.717) is 24.4 Å². The molecule has 1 aliphatic rings. The predicted molar refractivity (Wildman–Crippen MR) is 55.1 cm³/mol. The van der Waals surface area contributed by atoms with Gasteiger partial charge in [0.25, 0.3) is 5.95 Å². The van der Waals surface area contributed by atoms with Crippen LogP contribution in [0.2, 0.25) is 0 Å². The van der Waals surface area contributed by atoms with Gasteiger partial charge in [0.1, 0.15) is 0 Å². The zero-order valence-corrected chi connectivity index (χ0v) is 8.82. The highest BCUT2D eigenvalue weighted by atomic mass is 16.6. The highest BCUT2D eigenvalue weighted by Crippen LogP contribution is 2.22. The molecule has 0 heterocycles. The molecule has 0 aromatic rings. The van der Waals surface area contributed by atoms with E-state index in [0.717, 1.165) is 0 Å². The summed E-state index contributed by atoms with van der Waals surface area (Å²) in [5, 5.41) is 9.49. The number of aliphatic hydroxyl groups excluding tert-OH is 1. The maximum absolute atomic E-state index is 11.4. The molecule has 0 bridgehead atoms. The highest BCUT2D eigenvalue weighted by molar-refractivity contribution is 5.96. The van der Waals surface area contributed by atoms with Crippen LogP contribution in [0.3, 0.4) is 0 Å². The topological polar surface area (TPSA) is 55.8 Å². The van der Waals surface area contributed by atoms with Gasteiger partial charge < -0.3 is 14.6 Å². The van der Waals surface area contributed by atoms with E-state index in [4.69, 9.17) is 9.47 Å². The molecule has 4 nitrogen and oxygen atoms in total. The van der Waals surface area contributed by atoms with Crippen LogP contribution in [0.1, 0.15) is 13.8 Å². The van der Waals surface area contributed by atoms with Gasteiger partial charge in [-0.1, -0.05) is 6.08 Å². The first kappa shape index (κ1) is 11.4. The van der Waals surface area contributed by atoms with Crippen LogP contribution >= 0.6 is 0 Å². The molecule has 82 valence electrons. The molecule has 0 saturated heterocycles. The van der Waals surface area contributed by atoms with Crippen molar-refractivity contribution in [2.45, 2.75) is 13.8 Å². The van der Waals surface area contributed by atoms with Gasteiger partial charge in [-0.3, -0.25) is 0 Å². The van der Waals surface area contributed by atoms with Gasteiger partial charge >= 0.3 is 5.97 Å². The van der Waals surface area contributed by atoms with Crippen LogP contribution in [0.5, 0.6) is 0 Å². The van der Waals surface area contributed by atoms with Crippen molar-refractivity contribution >= 4 is 5.97 Å².